The number of nitrogens with two attached hydrogens (primary N) is 1. The highest BCUT2D eigenvalue weighted by Crippen LogP contribution is 2.42. The van der Waals surface area contributed by atoms with Crippen LogP contribution < -0.4 is 20.5 Å². The summed E-state index contributed by atoms with van der Waals surface area (Å²) in [5, 5.41) is 14.2. The van der Waals surface area contributed by atoms with Crippen LogP contribution in [0, 0.1) is 0 Å². The second-order valence-corrected chi connectivity index (χ2v) is 5.96. The summed E-state index contributed by atoms with van der Waals surface area (Å²) in [4.78, 5) is 24.3. The van der Waals surface area contributed by atoms with Crippen molar-refractivity contribution in [1.82, 2.24) is 20.2 Å². The number of carbonyl (C=O) groups excluding carboxylic acids is 2. The standard InChI is InChI=1S/C17H12F2N6O4/c18-17(19)28-12-6-5-11(7-13(12)29-17)21-14(26)8-25-23-16(22-24-25)10-3-1-9(2-4-10)15(20)27/h1-7H,8H2,(H2,20,27)(H,21,26). The number of nitrogens with one attached hydrogen (secondary N) is 1. The first-order valence-electron chi connectivity index (χ1n) is 8.17. The van der Waals surface area contributed by atoms with E-state index >= 15 is 0 Å². The van der Waals surface area contributed by atoms with E-state index < -0.39 is 18.1 Å². The Kier molecular flexibility index (Phi) is 4.30. The Balaban J connectivity index is 1.40. The number of rotatable bonds is 5. The van der Waals surface area contributed by atoms with E-state index in [4.69, 9.17) is 5.73 Å². The number of tetrazole rings is 1. The lowest BCUT2D eigenvalue weighted by atomic mass is 10.1. The predicted molar refractivity (Wildman–Crippen MR) is 93.0 cm³/mol. The minimum Gasteiger partial charge on any atom is -0.395 e. The minimum absolute atomic E-state index is 0.127. The predicted octanol–water partition coefficient (Wildman–Crippen LogP) is 1.40. The maximum Gasteiger partial charge on any atom is 0.586 e. The van der Waals surface area contributed by atoms with Gasteiger partial charge in [0.25, 0.3) is 0 Å². The van der Waals surface area contributed by atoms with Crippen molar-refractivity contribution in [2.75, 3.05) is 5.32 Å². The van der Waals surface area contributed by atoms with E-state index in [1.807, 2.05) is 0 Å². The summed E-state index contributed by atoms with van der Waals surface area (Å²) < 4.78 is 34.7. The number of alkyl halides is 2. The first-order valence-corrected chi connectivity index (χ1v) is 8.17. The van der Waals surface area contributed by atoms with Crippen LogP contribution in [0.2, 0.25) is 0 Å². The van der Waals surface area contributed by atoms with Crippen LogP contribution in [-0.4, -0.2) is 38.3 Å². The molecule has 0 fully saturated rings. The number of nitrogens with zero attached hydrogens (tertiary/aromatic N) is 4. The van der Waals surface area contributed by atoms with Gasteiger partial charge in [-0.25, -0.2) is 0 Å². The molecule has 0 radical (unpaired) electrons. The third-order valence-electron chi connectivity index (χ3n) is 3.85. The Morgan fingerprint density at radius 1 is 1.10 bits per heavy atom. The summed E-state index contributed by atoms with van der Waals surface area (Å²) >= 11 is 0. The number of carbonyl (C=O) groups is 2. The van der Waals surface area contributed by atoms with Crippen LogP contribution in [0.4, 0.5) is 14.5 Å². The third-order valence-corrected chi connectivity index (χ3v) is 3.85. The summed E-state index contributed by atoms with van der Waals surface area (Å²) in [5.74, 6) is -1.13. The number of aromatic nitrogens is 4. The van der Waals surface area contributed by atoms with Gasteiger partial charge < -0.3 is 20.5 Å². The number of fused-ring (bicyclic) bond motifs is 1. The fourth-order valence-corrected chi connectivity index (χ4v) is 2.57. The van der Waals surface area contributed by atoms with Crippen molar-refractivity contribution in [2.45, 2.75) is 12.8 Å². The maximum atomic E-state index is 13.0. The highest BCUT2D eigenvalue weighted by atomic mass is 19.3. The fraction of sp³-hybridized carbons (Fsp3) is 0.118. The van der Waals surface area contributed by atoms with E-state index in [1.54, 1.807) is 12.1 Å². The largest absolute Gasteiger partial charge is 0.586 e. The van der Waals surface area contributed by atoms with Gasteiger partial charge in [-0.15, -0.1) is 19.0 Å². The topological polar surface area (TPSA) is 134 Å². The molecule has 1 aliphatic rings. The molecule has 2 heterocycles. The van der Waals surface area contributed by atoms with E-state index in [-0.39, 0.29) is 29.6 Å². The van der Waals surface area contributed by atoms with Gasteiger partial charge >= 0.3 is 6.29 Å². The van der Waals surface area contributed by atoms with Crippen molar-refractivity contribution in [3.05, 3.63) is 48.0 Å². The molecule has 1 aliphatic heterocycles. The van der Waals surface area contributed by atoms with Gasteiger partial charge in [0, 0.05) is 22.9 Å². The lowest BCUT2D eigenvalue weighted by Crippen LogP contribution is -2.25. The molecule has 3 aromatic rings. The molecule has 1 aromatic heterocycles. The van der Waals surface area contributed by atoms with Gasteiger partial charge in [0.15, 0.2) is 11.5 Å². The summed E-state index contributed by atoms with van der Waals surface area (Å²) in [7, 11) is 0. The average Bonchev–Trinajstić information content (AvgIpc) is 3.23. The van der Waals surface area contributed by atoms with Crippen molar-refractivity contribution in [1.29, 1.82) is 0 Å². The van der Waals surface area contributed by atoms with E-state index in [0.29, 0.717) is 11.1 Å². The number of hydrogen-bond acceptors (Lipinski definition) is 7. The molecule has 3 N–H and O–H groups in total. The highest BCUT2D eigenvalue weighted by molar-refractivity contribution is 5.93. The van der Waals surface area contributed by atoms with Crippen molar-refractivity contribution >= 4 is 17.5 Å². The fourth-order valence-electron chi connectivity index (χ4n) is 2.57. The van der Waals surface area contributed by atoms with Gasteiger partial charge in [-0.05, 0) is 29.5 Å². The molecule has 0 saturated heterocycles. The minimum atomic E-state index is -3.73. The Hall–Kier alpha value is -4.09. The smallest absolute Gasteiger partial charge is 0.395 e. The summed E-state index contributed by atoms with van der Waals surface area (Å²) in [6.45, 7) is -0.267. The highest BCUT2D eigenvalue weighted by Gasteiger charge is 2.43. The molecule has 0 unspecified atom stereocenters. The number of anilines is 1. The lowest BCUT2D eigenvalue weighted by molar-refractivity contribution is -0.286. The number of ether oxygens (including phenoxy) is 2. The van der Waals surface area contributed by atoms with Crippen molar-refractivity contribution in [2.24, 2.45) is 5.73 Å². The Labute approximate surface area is 161 Å². The molecule has 0 saturated carbocycles. The monoisotopic (exact) mass is 402 g/mol. The molecular weight excluding hydrogens is 390 g/mol. The van der Waals surface area contributed by atoms with Crippen LogP contribution in [0.3, 0.4) is 0 Å². The SMILES string of the molecule is NC(=O)c1ccc(-c2nnn(CC(=O)Nc3ccc4c(c3)OC(F)(F)O4)n2)cc1. The van der Waals surface area contributed by atoms with Crippen LogP contribution in [-0.2, 0) is 11.3 Å². The van der Waals surface area contributed by atoms with Gasteiger partial charge in [-0.1, -0.05) is 12.1 Å². The van der Waals surface area contributed by atoms with E-state index in [2.05, 4.69) is 30.2 Å². The van der Waals surface area contributed by atoms with Crippen molar-refractivity contribution < 1.29 is 27.8 Å². The number of primary amides is 1. The quantitative estimate of drug-likeness (QED) is 0.659. The second-order valence-electron chi connectivity index (χ2n) is 5.96. The van der Waals surface area contributed by atoms with E-state index in [0.717, 1.165) is 4.80 Å². The zero-order valence-corrected chi connectivity index (χ0v) is 14.5. The molecule has 10 nitrogen and oxygen atoms in total. The Morgan fingerprint density at radius 2 is 1.83 bits per heavy atom. The van der Waals surface area contributed by atoms with Crippen LogP contribution in [0.15, 0.2) is 42.5 Å². The maximum absolute atomic E-state index is 13.0. The summed E-state index contributed by atoms with van der Waals surface area (Å²) in [6.07, 6.45) is -3.73. The molecular formula is C17H12F2N6O4. The second kappa shape index (κ2) is 6.82. The number of hydrogen-bond donors (Lipinski definition) is 2. The number of benzene rings is 2. The van der Waals surface area contributed by atoms with Gasteiger partial charge in [0.2, 0.25) is 17.6 Å². The molecule has 148 valence electrons. The van der Waals surface area contributed by atoms with Crippen LogP contribution in [0.25, 0.3) is 11.4 Å². The molecule has 0 bridgehead atoms. The molecule has 0 aliphatic carbocycles. The first kappa shape index (κ1) is 18.3. The van der Waals surface area contributed by atoms with Gasteiger partial charge in [-0.2, -0.15) is 4.80 Å². The molecule has 0 atom stereocenters. The molecule has 29 heavy (non-hydrogen) atoms. The lowest BCUT2D eigenvalue weighted by Gasteiger charge is -2.05. The Bertz CT molecular complexity index is 1100. The van der Waals surface area contributed by atoms with Crippen molar-refractivity contribution in [3.8, 4) is 22.9 Å². The van der Waals surface area contributed by atoms with Gasteiger partial charge in [-0.3, -0.25) is 9.59 Å². The first-order chi connectivity index (χ1) is 13.8. The molecule has 0 spiro atoms. The Morgan fingerprint density at radius 3 is 2.55 bits per heavy atom. The van der Waals surface area contributed by atoms with Crippen LogP contribution >= 0.6 is 0 Å². The molecule has 12 heteroatoms. The summed E-state index contributed by atoms with van der Waals surface area (Å²) in [6, 6.07) is 10.1. The van der Waals surface area contributed by atoms with Gasteiger partial charge in [0.1, 0.15) is 6.54 Å². The summed E-state index contributed by atoms with van der Waals surface area (Å²) in [5.41, 5.74) is 6.34. The normalized spacial score (nSPS) is 13.9. The van der Waals surface area contributed by atoms with E-state index in [9.17, 15) is 18.4 Å². The average molecular weight is 402 g/mol. The number of amides is 2. The zero-order chi connectivity index (χ0) is 20.6. The molecule has 2 amide bonds. The van der Waals surface area contributed by atoms with E-state index in [1.165, 1.54) is 30.3 Å². The molecule has 4 rings (SSSR count). The van der Waals surface area contributed by atoms with Crippen molar-refractivity contribution in [3.63, 3.8) is 0 Å². The molecule has 2 aromatic carbocycles. The van der Waals surface area contributed by atoms with Crippen LogP contribution in [0.1, 0.15) is 10.4 Å². The third kappa shape index (κ3) is 3.95. The number of halogens is 2. The zero-order valence-electron chi connectivity index (χ0n) is 14.5. The van der Waals surface area contributed by atoms with Crippen LogP contribution in [0.5, 0.6) is 11.5 Å². The van der Waals surface area contributed by atoms with Gasteiger partial charge in [0.05, 0.1) is 0 Å².